The normalized spacial score (nSPS) is 12.3. The van der Waals surface area contributed by atoms with E-state index >= 15 is 0 Å². The third kappa shape index (κ3) is 2.99. The van der Waals surface area contributed by atoms with Crippen molar-refractivity contribution in [2.45, 2.75) is 19.2 Å². The van der Waals surface area contributed by atoms with E-state index in [0.717, 1.165) is 21.2 Å². The van der Waals surface area contributed by atoms with E-state index in [1.165, 1.54) is 13.2 Å². The maximum atomic E-state index is 14.1. The zero-order valence-electron chi connectivity index (χ0n) is 11.5. The van der Waals surface area contributed by atoms with Gasteiger partial charge in [-0.3, -0.25) is 0 Å². The van der Waals surface area contributed by atoms with Crippen LogP contribution in [0.25, 0.3) is 0 Å². The topological polar surface area (TPSA) is 9.23 Å². The summed E-state index contributed by atoms with van der Waals surface area (Å²) in [5.41, 5.74) is 3.47. The van der Waals surface area contributed by atoms with Crippen LogP contribution in [0.5, 0.6) is 5.75 Å². The highest BCUT2D eigenvalue weighted by Crippen LogP contribution is 2.35. The number of aryl methyl sites for hydroxylation is 2. The second-order valence-electron chi connectivity index (χ2n) is 4.71. The molecule has 2 rings (SSSR count). The molecule has 0 saturated carbocycles. The number of ether oxygens (including phenoxy) is 1. The second kappa shape index (κ2) is 6.15. The van der Waals surface area contributed by atoms with Gasteiger partial charge >= 0.3 is 0 Å². The molecule has 106 valence electrons. The molecule has 0 radical (unpaired) electrons. The van der Waals surface area contributed by atoms with Gasteiger partial charge in [0.2, 0.25) is 0 Å². The standard InChI is InChI=1S/C16H15BrClFO/c1-9-7-14(17)10(2)6-13(9)16(18)12-5-4-11(20-3)8-15(12)19/h4-8,16H,1-3H3. The predicted molar refractivity (Wildman–Crippen MR) is 84.3 cm³/mol. The zero-order chi connectivity index (χ0) is 14.9. The van der Waals surface area contributed by atoms with Crippen LogP contribution in [-0.4, -0.2) is 7.11 Å². The molecule has 0 amide bonds. The molecule has 1 atom stereocenters. The molecule has 0 heterocycles. The first-order valence-corrected chi connectivity index (χ1v) is 7.41. The molecule has 4 heteroatoms. The van der Waals surface area contributed by atoms with Gasteiger partial charge in [0, 0.05) is 16.1 Å². The maximum Gasteiger partial charge on any atom is 0.131 e. The number of rotatable bonds is 3. The molecule has 20 heavy (non-hydrogen) atoms. The summed E-state index contributed by atoms with van der Waals surface area (Å²) in [5, 5.41) is -0.521. The molecule has 0 spiro atoms. The molecule has 0 aromatic heterocycles. The van der Waals surface area contributed by atoms with E-state index in [1.54, 1.807) is 12.1 Å². The van der Waals surface area contributed by atoms with Gasteiger partial charge in [0.05, 0.1) is 12.5 Å². The van der Waals surface area contributed by atoms with Crippen LogP contribution in [0.15, 0.2) is 34.8 Å². The van der Waals surface area contributed by atoms with Crippen LogP contribution in [0.4, 0.5) is 4.39 Å². The second-order valence-corrected chi connectivity index (χ2v) is 6.00. The number of benzene rings is 2. The first-order valence-electron chi connectivity index (χ1n) is 6.18. The van der Waals surface area contributed by atoms with Crippen LogP contribution in [-0.2, 0) is 0 Å². The zero-order valence-corrected chi connectivity index (χ0v) is 13.8. The van der Waals surface area contributed by atoms with E-state index < -0.39 is 5.38 Å². The van der Waals surface area contributed by atoms with Crippen molar-refractivity contribution in [3.05, 3.63) is 62.9 Å². The summed E-state index contributed by atoms with van der Waals surface area (Å²) >= 11 is 9.95. The Bertz CT molecular complexity index is 643. The summed E-state index contributed by atoms with van der Waals surface area (Å²) in [4.78, 5) is 0. The predicted octanol–water partition coefficient (Wildman–Crippen LogP) is 5.54. The Labute approximate surface area is 131 Å². The lowest BCUT2D eigenvalue weighted by Gasteiger charge is -2.16. The van der Waals surface area contributed by atoms with Gasteiger partial charge in [-0.25, -0.2) is 4.39 Å². The molecule has 0 bridgehead atoms. The molecule has 0 aliphatic carbocycles. The van der Waals surface area contributed by atoms with Crippen molar-refractivity contribution < 1.29 is 9.13 Å². The average molecular weight is 358 g/mol. The Hall–Kier alpha value is -1.06. The highest BCUT2D eigenvalue weighted by molar-refractivity contribution is 9.10. The first kappa shape index (κ1) is 15.3. The van der Waals surface area contributed by atoms with Crippen LogP contribution < -0.4 is 4.74 Å². The van der Waals surface area contributed by atoms with Crippen LogP contribution in [0, 0.1) is 19.7 Å². The molecular weight excluding hydrogens is 343 g/mol. The lowest BCUT2D eigenvalue weighted by Crippen LogP contribution is -2.01. The fraction of sp³-hybridized carbons (Fsp3) is 0.250. The minimum Gasteiger partial charge on any atom is -0.497 e. The molecule has 1 nitrogen and oxygen atoms in total. The number of alkyl halides is 1. The lowest BCUT2D eigenvalue weighted by atomic mass is 9.97. The fourth-order valence-electron chi connectivity index (χ4n) is 2.08. The Morgan fingerprint density at radius 2 is 1.80 bits per heavy atom. The Morgan fingerprint density at radius 3 is 2.40 bits per heavy atom. The molecule has 1 unspecified atom stereocenters. The minimum absolute atomic E-state index is 0.357. The molecule has 0 saturated heterocycles. The van der Waals surface area contributed by atoms with Crippen molar-refractivity contribution in [3.63, 3.8) is 0 Å². The molecule has 0 fully saturated rings. The number of methoxy groups -OCH3 is 1. The van der Waals surface area contributed by atoms with E-state index in [0.29, 0.717) is 11.3 Å². The van der Waals surface area contributed by atoms with Gasteiger partial charge in [-0.1, -0.05) is 28.1 Å². The van der Waals surface area contributed by atoms with Gasteiger partial charge < -0.3 is 4.74 Å². The molecule has 0 aliphatic rings. The van der Waals surface area contributed by atoms with Gasteiger partial charge in [-0.15, -0.1) is 11.6 Å². The van der Waals surface area contributed by atoms with Crippen molar-refractivity contribution in [2.24, 2.45) is 0 Å². The van der Waals surface area contributed by atoms with Crippen LogP contribution in [0.3, 0.4) is 0 Å². The first-order chi connectivity index (χ1) is 9.43. The van der Waals surface area contributed by atoms with Crippen molar-refractivity contribution >= 4 is 27.5 Å². The van der Waals surface area contributed by atoms with E-state index in [4.69, 9.17) is 16.3 Å². The summed E-state index contributed by atoms with van der Waals surface area (Å²) < 4.78 is 20.1. The third-order valence-electron chi connectivity index (χ3n) is 3.30. The van der Waals surface area contributed by atoms with E-state index in [2.05, 4.69) is 15.9 Å². The van der Waals surface area contributed by atoms with Gasteiger partial charge in [-0.05, 0) is 42.7 Å². The summed E-state index contributed by atoms with van der Waals surface area (Å²) in [6.45, 7) is 3.96. The van der Waals surface area contributed by atoms with Crippen molar-refractivity contribution in [1.29, 1.82) is 0 Å². The Kier molecular flexibility index (Phi) is 4.71. The lowest BCUT2D eigenvalue weighted by molar-refractivity contribution is 0.410. The molecule has 0 N–H and O–H groups in total. The molecule has 0 aliphatic heterocycles. The fourth-order valence-corrected chi connectivity index (χ4v) is 2.95. The van der Waals surface area contributed by atoms with E-state index in [-0.39, 0.29) is 5.82 Å². The quantitative estimate of drug-likeness (QED) is 0.655. The number of hydrogen-bond donors (Lipinski definition) is 0. The SMILES string of the molecule is COc1ccc(C(Cl)c2cc(C)c(Br)cc2C)c(F)c1. The average Bonchev–Trinajstić information content (AvgIpc) is 2.42. The maximum absolute atomic E-state index is 14.1. The van der Waals surface area contributed by atoms with E-state index in [1.807, 2.05) is 26.0 Å². The summed E-state index contributed by atoms with van der Waals surface area (Å²) in [6.07, 6.45) is 0. The van der Waals surface area contributed by atoms with Crippen molar-refractivity contribution in [3.8, 4) is 5.75 Å². The summed E-state index contributed by atoms with van der Waals surface area (Å²) in [6, 6.07) is 8.73. The van der Waals surface area contributed by atoms with Crippen molar-refractivity contribution in [1.82, 2.24) is 0 Å². The number of halogens is 3. The molecular formula is C16H15BrClFO. The van der Waals surface area contributed by atoms with Crippen LogP contribution in [0.2, 0.25) is 0 Å². The van der Waals surface area contributed by atoms with Crippen LogP contribution >= 0.6 is 27.5 Å². The monoisotopic (exact) mass is 356 g/mol. The van der Waals surface area contributed by atoms with Gasteiger partial charge in [-0.2, -0.15) is 0 Å². The highest BCUT2D eigenvalue weighted by Gasteiger charge is 2.18. The smallest absolute Gasteiger partial charge is 0.131 e. The van der Waals surface area contributed by atoms with E-state index in [9.17, 15) is 4.39 Å². The Balaban J connectivity index is 2.46. The molecule has 2 aromatic rings. The van der Waals surface area contributed by atoms with Gasteiger partial charge in [0.15, 0.2) is 0 Å². The highest BCUT2D eigenvalue weighted by atomic mass is 79.9. The third-order valence-corrected chi connectivity index (χ3v) is 4.63. The van der Waals surface area contributed by atoms with Crippen molar-refractivity contribution in [2.75, 3.05) is 7.11 Å². The molecule has 2 aromatic carbocycles. The van der Waals surface area contributed by atoms with Gasteiger partial charge in [0.1, 0.15) is 11.6 Å². The summed E-state index contributed by atoms with van der Waals surface area (Å²) in [7, 11) is 1.51. The largest absolute Gasteiger partial charge is 0.497 e. The Morgan fingerprint density at radius 1 is 1.10 bits per heavy atom. The van der Waals surface area contributed by atoms with Gasteiger partial charge in [0.25, 0.3) is 0 Å². The van der Waals surface area contributed by atoms with Crippen LogP contribution in [0.1, 0.15) is 27.6 Å². The minimum atomic E-state index is -0.521. The summed E-state index contributed by atoms with van der Waals surface area (Å²) in [5.74, 6) is 0.128. The number of hydrogen-bond acceptors (Lipinski definition) is 1.